The van der Waals surface area contributed by atoms with Crippen molar-refractivity contribution in [2.45, 2.75) is 33.1 Å². The molecule has 6 heteroatoms. The van der Waals surface area contributed by atoms with Crippen molar-refractivity contribution in [3.63, 3.8) is 0 Å². The van der Waals surface area contributed by atoms with Gasteiger partial charge in [0.25, 0.3) is 0 Å². The lowest BCUT2D eigenvalue weighted by Crippen LogP contribution is -2.06. The number of aryl methyl sites for hydroxylation is 2. The molecule has 0 saturated heterocycles. The third kappa shape index (κ3) is 4.71. The summed E-state index contributed by atoms with van der Waals surface area (Å²) < 4.78 is 5.42. The van der Waals surface area contributed by atoms with Gasteiger partial charge in [-0.1, -0.05) is 31.5 Å². The number of nitrogens with zero attached hydrogens (tertiary/aromatic N) is 2. The minimum Gasteiger partial charge on any atom is -0.495 e. The molecule has 3 rings (SSSR count). The largest absolute Gasteiger partial charge is 0.495 e. The third-order valence-corrected chi connectivity index (χ3v) is 4.53. The van der Waals surface area contributed by atoms with Crippen LogP contribution in [0.5, 0.6) is 5.75 Å². The van der Waals surface area contributed by atoms with Crippen molar-refractivity contribution >= 4 is 28.7 Å². The molecule has 0 spiro atoms. The number of hydrogen-bond acceptors (Lipinski definition) is 6. The third-order valence-electron chi connectivity index (χ3n) is 4.53. The molecule has 0 amide bonds. The molecule has 0 bridgehead atoms. The second kappa shape index (κ2) is 9.08. The second-order valence-electron chi connectivity index (χ2n) is 6.74. The Bertz CT molecular complexity index is 925. The van der Waals surface area contributed by atoms with Gasteiger partial charge in [0.2, 0.25) is 0 Å². The minimum absolute atomic E-state index is 0.445. The first-order valence-electron chi connectivity index (χ1n) is 9.48. The number of ether oxygens (including phenoxy) is 1. The molecule has 1 aromatic heterocycles. The van der Waals surface area contributed by atoms with Gasteiger partial charge in [-0.25, -0.2) is 9.97 Å². The molecule has 0 unspecified atom stereocenters. The van der Waals surface area contributed by atoms with E-state index in [9.17, 15) is 0 Å². The number of nitrogen functional groups attached to an aromatic ring is 1. The van der Waals surface area contributed by atoms with Crippen molar-refractivity contribution in [3.05, 3.63) is 59.9 Å². The van der Waals surface area contributed by atoms with Crippen LogP contribution in [0.25, 0.3) is 0 Å². The van der Waals surface area contributed by atoms with Crippen LogP contribution in [0.15, 0.2) is 48.8 Å². The quantitative estimate of drug-likeness (QED) is 0.500. The number of methoxy groups -OCH3 is 1. The Kier molecular flexibility index (Phi) is 6.32. The Morgan fingerprint density at radius 2 is 1.71 bits per heavy atom. The summed E-state index contributed by atoms with van der Waals surface area (Å²) in [5, 5.41) is 6.52. The van der Waals surface area contributed by atoms with Crippen LogP contribution < -0.4 is 21.1 Å². The van der Waals surface area contributed by atoms with Crippen molar-refractivity contribution in [3.8, 4) is 5.75 Å². The topological polar surface area (TPSA) is 85.1 Å². The van der Waals surface area contributed by atoms with Crippen molar-refractivity contribution in [1.82, 2.24) is 9.97 Å². The van der Waals surface area contributed by atoms with Gasteiger partial charge in [-0.05, 0) is 55.2 Å². The monoisotopic (exact) mass is 377 g/mol. The lowest BCUT2D eigenvalue weighted by atomic mass is 10.1. The molecule has 0 aliphatic carbocycles. The summed E-state index contributed by atoms with van der Waals surface area (Å²) in [6, 6.07) is 14.2. The number of nitrogens with two attached hydrogens (primary N) is 1. The van der Waals surface area contributed by atoms with Crippen LogP contribution in [-0.2, 0) is 6.42 Å². The van der Waals surface area contributed by atoms with E-state index in [1.165, 1.54) is 24.7 Å². The lowest BCUT2D eigenvalue weighted by Gasteiger charge is -2.15. The smallest absolute Gasteiger partial charge is 0.159 e. The fraction of sp³-hybridized carbons (Fsp3) is 0.273. The number of benzene rings is 2. The van der Waals surface area contributed by atoms with Gasteiger partial charge in [0.1, 0.15) is 17.8 Å². The minimum atomic E-state index is 0.445. The Hall–Kier alpha value is -3.28. The molecule has 0 saturated carbocycles. The summed E-state index contributed by atoms with van der Waals surface area (Å²) in [5.74, 6) is 1.81. The van der Waals surface area contributed by atoms with E-state index in [1.54, 1.807) is 7.11 Å². The molecular weight excluding hydrogens is 350 g/mol. The van der Waals surface area contributed by atoms with Crippen LogP contribution in [-0.4, -0.2) is 17.1 Å². The summed E-state index contributed by atoms with van der Waals surface area (Å²) in [5.41, 5.74) is 10.9. The predicted octanol–water partition coefficient (Wildman–Crippen LogP) is 5.21. The maximum absolute atomic E-state index is 6.31. The summed E-state index contributed by atoms with van der Waals surface area (Å²) >= 11 is 0. The average Bonchev–Trinajstić information content (AvgIpc) is 2.70. The molecule has 2 aromatic carbocycles. The first kappa shape index (κ1) is 19.5. The van der Waals surface area contributed by atoms with Crippen LogP contribution >= 0.6 is 0 Å². The first-order valence-corrected chi connectivity index (χ1v) is 9.48. The number of rotatable bonds is 8. The highest BCUT2D eigenvalue weighted by Gasteiger charge is 2.11. The number of anilines is 5. The molecule has 1 heterocycles. The normalized spacial score (nSPS) is 10.5. The Morgan fingerprint density at radius 1 is 1.00 bits per heavy atom. The highest BCUT2D eigenvalue weighted by Crippen LogP contribution is 2.32. The summed E-state index contributed by atoms with van der Waals surface area (Å²) in [4.78, 5) is 8.58. The van der Waals surface area contributed by atoms with Crippen LogP contribution in [0.4, 0.5) is 28.7 Å². The molecule has 6 nitrogen and oxygen atoms in total. The summed E-state index contributed by atoms with van der Waals surface area (Å²) in [7, 11) is 1.64. The molecule has 4 N–H and O–H groups in total. The maximum Gasteiger partial charge on any atom is 0.159 e. The van der Waals surface area contributed by atoms with Crippen LogP contribution in [0.2, 0.25) is 0 Å². The maximum atomic E-state index is 6.31. The summed E-state index contributed by atoms with van der Waals surface area (Å²) in [6.45, 7) is 4.22. The number of unbranched alkanes of at least 4 members (excludes halogenated alkanes) is 1. The molecule has 0 atom stereocenters. The Labute approximate surface area is 166 Å². The highest BCUT2D eigenvalue weighted by molar-refractivity contribution is 5.81. The van der Waals surface area contributed by atoms with Crippen LogP contribution in [0, 0.1) is 6.92 Å². The Balaban J connectivity index is 1.79. The average molecular weight is 377 g/mol. The molecule has 0 aliphatic heterocycles. The van der Waals surface area contributed by atoms with Crippen molar-refractivity contribution in [2.75, 3.05) is 23.5 Å². The SMILES string of the molecule is CCCCc1ccc(Nc2ncnc(Nc3cc(C)ccc3OC)c2N)cc1. The number of aromatic nitrogens is 2. The lowest BCUT2D eigenvalue weighted by molar-refractivity contribution is 0.416. The number of nitrogens with one attached hydrogen (secondary N) is 2. The van der Waals surface area contributed by atoms with Gasteiger partial charge in [-0.3, -0.25) is 0 Å². The van der Waals surface area contributed by atoms with Gasteiger partial charge in [0, 0.05) is 5.69 Å². The molecule has 0 fully saturated rings. The zero-order chi connectivity index (χ0) is 19.9. The van der Waals surface area contributed by atoms with E-state index < -0.39 is 0 Å². The van der Waals surface area contributed by atoms with E-state index >= 15 is 0 Å². The molecule has 28 heavy (non-hydrogen) atoms. The van der Waals surface area contributed by atoms with Crippen molar-refractivity contribution in [1.29, 1.82) is 0 Å². The molecule has 3 aromatic rings. The van der Waals surface area contributed by atoms with E-state index in [-0.39, 0.29) is 0 Å². The van der Waals surface area contributed by atoms with Gasteiger partial charge >= 0.3 is 0 Å². The van der Waals surface area contributed by atoms with E-state index in [2.05, 4.69) is 39.7 Å². The van der Waals surface area contributed by atoms with Gasteiger partial charge in [0.15, 0.2) is 11.6 Å². The van der Waals surface area contributed by atoms with E-state index in [0.717, 1.165) is 29.1 Å². The number of hydrogen-bond donors (Lipinski definition) is 3. The van der Waals surface area contributed by atoms with Gasteiger partial charge in [-0.2, -0.15) is 0 Å². The molecule has 0 radical (unpaired) electrons. The van der Waals surface area contributed by atoms with Gasteiger partial charge in [-0.15, -0.1) is 0 Å². The zero-order valence-electron chi connectivity index (χ0n) is 16.6. The fourth-order valence-corrected chi connectivity index (χ4v) is 2.91. The first-order chi connectivity index (χ1) is 13.6. The second-order valence-corrected chi connectivity index (χ2v) is 6.74. The molecule has 146 valence electrons. The molecule has 0 aliphatic rings. The van der Waals surface area contributed by atoms with Gasteiger partial charge in [0.05, 0.1) is 12.8 Å². The van der Waals surface area contributed by atoms with E-state index in [0.29, 0.717) is 17.3 Å². The van der Waals surface area contributed by atoms with E-state index in [1.807, 2.05) is 37.3 Å². The predicted molar refractivity (Wildman–Crippen MR) is 116 cm³/mol. The zero-order valence-corrected chi connectivity index (χ0v) is 16.6. The highest BCUT2D eigenvalue weighted by atomic mass is 16.5. The van der Waals surface area contributed by atoms with Gasteiger partial charge < -0.3 is 21.1 Å². The molecular formula is C22H27N5O. The van der Waals surface area contributed by atoms with Crippen molar-refractivity contribution < 1.29 is 4.74 Å². The van der Waals surface area contributed by atoms with Crippen LogP contribution in [0.3, 0.4) is 0 Å². The van der Waals surface area contributed by atoms with Crippen molar-refractivity contribution in [2.24, 2.45) is 0 Å². The summed E-state index contributed by atoms with van der Waals surface area (Å²) in [6.07, 6.45) is 4.97. The van der Waals surface area contributed by atoms with Crippen LogP contribution in [0.1, 0.15) is 30.9 Å². The standard InChI is InChI=1S/C22H27N5O/c1-4-5-6-16-8-10-17(11-9-16)26-21-20(23)22(25-14-24-21)27-18-13-15(2)7-12-19(18)28-3/h7-14H,4-6,23H2,1-3H3,(H2,24,25,26,27). The van der Waals surface area contributed by atoms with E-state index in [4.69, 9.17) is 10.5 Å². The Morgan fingerprint density at radius 3 is 2.39 bits per heavy atom. The fourth-order valence-electron chi connectivity index (χ4n) is 2.91.